The van der Waals surface area contributed by atoms with Crippen molar-refractivity contribution >= 4 is 34.1 Å². The van der Waals surface area contributed by atoms with Crippen molar-refractivity contribution in [1.29, 1.82) is 0 Å². The van der Waals surface area contributed by atoms with E-state index in [1.165, 1.54) is 0 Å². The summed E-state index contributed by atoms with van der Waals surface area (Å²) in [4.78, 5) is 17.9. The fourth-order valence-electron chi connectivity index (χ4n) is 3.27. The topological polar surface area (TPSA) is 59.8 Å². The first kappa shape index (κ1) is 18.2. The minimum absolute atomic E-state index is 0.202. The summed E-state index contributed by atoms with van der Waals surface area (Å²) in [5.74, 6) is -0.202. The molecule has 28 heavy (non-hydrogen) atoms. The van der Waals surface area contributed by atoms with Gasteiger partial charge in [-0.1, -0.05) is 35.9 Å². The molecule has 2 aromatic heterocycles. The van der Waals surface area contributed by atoms with Gasteiger partial charge in [0.2, 0.25) is 0 Å². The molecule has 2 heterocycles. The van der Waals surface area contributed by atoms with Gasteiger partial charge in [-0.05, 0) is 43.7 Å². The normalized spacial score (nSPS) is 11.0. The fourth-order valence-corrected chi connectivity index (χ4v) is 3.44. The lowest BCUT2D eigenvalue weighted by atomic mass is 10.0. The SMILES string of the molecule is Cc1ccc(Cl)cc1NC(=O)c1cc(-c2cn(C)nc2C)nc2ccccc12. The van der Waals surface area contributed by atoms with Crippen molar-refractivity contribution in [1.82, 2.24) is 14.8 Å². The number of amides is 1. The van der Waals surface area contributed by atoms with Crippen molar-refractivity contribution in [3.63, 3.8) is 0 Å². The number of fused-ring (bicyclic) bond motifs is 1. The molecule has 0 bridgehead atoms. The van der Waals surface area contributed by atoms with Gasteiger partial charge >= 0.3 is 0 Å². The molecule has 0 fully saturated rings. The van der Waals surface area contributed by atoms with E-state index in [1.54, 1.807) is 16.8 Å². The number of nitrogens with one attached hydrogen (secondary N) is 1. The minimum Gasteiger partial charge on any atom is -0.322 e. The Labute approximate surface area is 168 Å². The number of halogens is 1. The Kier molecular flexibility index (Phi) is 4.61. The molecule has 0 spiro atoms. The molecular weight excluding hydrogens is 372 g/mol. The number of benzene rings is 2. The summed E-state index contributed by atoms with van der Waals surface area (Å²) in [5, 5.41) is 8.75. The zero-order valence-corrected chi connectivity index (χ0v) is 16.6. The lowest BCUT2D eigenvalue weighted by Crippen LogP contribution is -2.14. The van der Waals surface area contributed by atoms with E-state index in [1.807, 2.05) is 63.5 Å². The second kappa shape index (κ2) is 7.09. The average molecular weight is 391 g/mol. The second-order valence-corrected chi connectivity index (χ2v) is 7.22. The molecule has 5 nitrogen and oxygen atoms in total. The number of rotatable bonds is 3. The van der Waals surface area contributed by atoms with Gasteiger partial charge in [-0.3, -0.25) is 9.48 Å². The van der Waals surface area contributed by atoms with Crippen LogP contribution in [0, 0.1) is 13.8 Å². The first-order valence-corrected chi connectivity index (χ1v) is 9.28. The van der Waals surface area contributed by atoms with Crippen LogP contribution in [0.15, 0.2) is 54.7 Å². The van der Waals surface area contributed by atoms with Crippen LogP contribution >= 0.6 is 11.6 Å². The van der Waals surface area contributed by atoms with Gasteiger partial charge in [-0.2, -0.15) is 5.10 Å². The Morgan fingerprint density at radius 3 is 2.64 bits per heavy atom. The molecule has 0 unspecified atom stereocenters. The van der Waals surface area contributed by atoms with Gasteiger partial charge in [0.05, 0.1) is 22.5 Å². The molecule has 4 aromatic rings. The molecule has 2 aromatic carbocycles. The lowest BCUT2D eigenvalue weighted by Gasteiger charge is -2.12. The quantitative estimate of drug-likeness (QED) is 0.525. The summed E-state index contributed by atoms with van der Waals surface area (Å²) in [6, 6.07) is 14.9. The number of aryl methyl sites for hydroxylation is 3. The standard InChI is InChI=1S/C22H19ClN4O/c1-13-8-9-15(23)10-20(13)25-22(28)17-11-21(18-12-27(3)26-14(18)2)24-19-7-5-4-6-16(17)19/h4-12H,1-3H3,(H,25,28). The Hall–Kier alpha value is -3.18. The van der Waals surface area contributed by atoms with Gasteiger partial charge in [0.25, 0.3) is 5.91 Å². The molecule has 4 rings (SSSR count). The summed E-state index contributed by atoms with van der Waals surface area (Å²) < 4.78 is 1.75. The molecule has 0 radical (unpaired) electrons. The van der Waals surface area contributed by atoms with Gasteiger partial charge < -0.3 is 5.32 Å². The number of carbonyl (C=O) groups is 1. The molecule has 0 saturated carbocycles. The van der Waals surface area contributed by atoms with E-state index < -0.39 is 0 Å². The maximum Gasteiger partial charge on any atom is 0.256 e. The third-order valence-corrected chi connectivity index (χ3v) is 4.93. The first-order chi connectivity index (χ1) is 13.4. The third-order valence-electron chi connectivity index (χ3n) is 4.70. The number of hydrogen-bond acceptors (Lipinski definition) is 3. The number of hydrogen-bond donors (Lipinski definition) is 1. The molecule has 140 valence electrons. The van der Waals surface area contributed by atoms with Crippen LogP contribution in [-0.4, -0.2) is 20.7 Å². The number of para-hydroxylation sites is 1. The van der Waals surface area contributed by atoms with Crippen molar-refractivity contribution in [3.8, 4) is 11.3 Å². The Morgan fingerprint density at radius 1 is 1.11 bits per heavy atom. The number of anilines is 1. The van der Waals surface area contributed by atoms with E-state index in [0.717, 1.165) is 33.4 Å². The highest BCUT2D eigenvalue weighted by molar-refractivity contribution is 6.31. The van der Waals surface area contributed by atoms with Crippen molar-refractivity contribution in [3.05, 3.63) is 76.6 Å². The number of pyridine rings is 1. The van der Waals surface area contributed by atoms with Crippen LogP contribution in [0.3, 0.4) is 0 Å². The zero-order valence-electron chi connectivity index (χ0n) is 15.8. The highest BCUT2D eigenvalue weighted by Crippen LogP contribution is 2.28. The summed E-state index contributed by atoms with van der Waals surface area (Å²) in [6.45, 7) is 3.86. The summed E-state index contributed by atoms with van der Waals surface area (Å²) >= 11 is 6.10. The molecule has 0 aliphatic heterocycles. The molecule has 1 N–H and O–H groups in total. The van der Waals surface area contributed by atoms with Gasteiger partial charge in [0.1, 0.15) is 0 Å². The first-order valence-electron chi connectivity index (χ1n) is 8.90. The van der Waals surface area contributed by atoms with Crippen molar-refractivity contribution < 1.29 is 4.79 Å². The van der Waals surface area contributed by atoms with E-state index >= 15 is 0 Å². The zero-order chi connectivity index (χ0) is 19.8. The predicted molar refractivity (Wildman–Crippen MR) is 113 cm³/mol. The number of nitrogens with zero attached hydrogens (tertiary/aromatic N) is 3. The molecule has 0 atom stereocenters. The maximum absolute atomic E-state index is 13.2. The van der Waals surface area contributed by atoms with Crippen LogP contribution in [0.5, 0.6) is 0 Å². The fraction of sp³-hybridized carbons (Fsp3) is 0.136. The summed E-state index contributed by atoms with van der Waals surface area (Å²) in [7, 11) is 1.87. The van der Waals surface area contributed by atoms with Crippen molar-refractivity contribution in [2.75, 3.05) is 5.32 Å². The Morgan fingerprint density at radius 2 is 1.89 bits per heavy atom. The number of aromatic nitrogens is 3. The van der Waals surface area contributed by atoms with E-state index in [9.17, 15) is 4.79 Å². The lowest BCUT2D eigenvalue weighted by molar-refractivity contribution is 0.102. The van der Waals surface area contributed by atoms with Gasteiger partial charge in [-0.25, -0.2) is 4.98 Å². The molecule has 0 aliphatic rings. The Balaban J connectivity index is 1.84. The van der Waals surface area contributed by atoms with Crippen LogP contribution < -0.4 is 5.32 Å². The van der Waals surface area contributed by atoms with Gasteiger partial charge in [-0.15, -0.1) is 0 Å². The van der Waals surface area contributed by atoms with Crippen LogP contribution in [-0.2, 0) is 7.05 Å². The summed E-state index contributed by atoms with van der Waals surface area (Å²) in [5.41, 5.74) is 5.44. The highest BCUT2D eigenvalue weighted by Gasteiger charge is 2.17. The summed E-state index contributed by atoms with van der Waals surface area (Å²) in [6.07, 6.45) is 1.91. The molecular formula is C22H19ClN4O. The third kappa shape index (κ3) is 3.37. The minimum atomic E-state index is -0.202. The van der Waals surface area contributed by atoms with Crippen LogP contribution in [0.25, 0.3) is 22.2 Å². The smallest absolute Gasteiger partial charge is 0.256 e. The van der Waals surface area contributed by atoms with Crippen LogP contribution in [0.2, 0.25) is 5.02 Å². The van der Waals surface area contributed by atoms with E-state index in [-0.39, 0.29) is 5.91 Å². The van der Waals surface area contributed by atoms with Crippen molar-refractivity contribution in [2.45, 2.75) is 13.8 Å². The van der Waals surface area contributed by atoms with E-state index in [4.69, 9.17) is 16.6 Å². The second-order valence-electron chi connectivity index (χ2n) is 6.79. The number of carbonyl (C=O) groups excluding carboxylic acids is 1. The van der Waals surface area contributed by atoms with Crippen molar-refractivity contribution in [2.24, 2.45) is 7.05 Å². The van der Waals surface area contributed by atoms with Gasteiger partial charge in [0.15, 0.2) is 0 Å². The predicted octanol–water partition coefficient (Wildman–Crippen LogP) is 5.16. The largest absolute Gasteiger partial charge is 0.322 e. The maximum atomic E-state index is 13.2. The molecule has 6 heteroatoms. The Bertz CT molecular complexity index is 1210. The van der Waals surface area contributed by atoms with Gasteiger partial charge in [0, 0.05) is 34.9 Å². The average Bonchev–Trinajstić information content (AvgIpc) is 3.02. The van der Waals surface area contributed by atoms with E-state index in [2.05, 4.69) is 10.4 Å². The van der Waals surface area contributed by atoms with E-state index in [0.29, 0.717) is 16.3 Å². The van der Waals surface area contributed by atoms with Crippen LogP contribution in [0.4, 0.5) is 5.69 Å². The van der Waals surface area contributed by atoms with Crippen LogP contribution in [0.1, 0.15) is 21.6 Å². The monoisotopic (exact) mass is 390 g/mol. The molecule has 0 saturated heterocycles. The molecule has 0 aliphatic carbocycles. The highest BCUT2D eigenvalue weighted by atomic mass is 35.5. The molecule has 1 amide bonds.